The van der Waals surface area contributed by atoms with Gasteiger partial charge in [-0.3, -0.25) is 4.98 Å². The summed E-state index contributed by atoms with van der Waals surface area (Å²) < 4.78 is 6.57. The van der Waals surface area contributed by atoms with E-state index in [2.05, 4.69) is 63.2 Å². The van der Waals surface area contributed by atoms with E-state index >= 15 is 0 Å². The molecule has 1 aromatic carbocycles. The first-order valence-electron chi connectivity index (χ1n) is 12.0. The third-order valence-corrected chi connectivity index (χ3v) is 6.51. The molecule has 7 heteroatoms. The fraction of sp³-hybridized carbons (Fsp3) is 0.393. The van der Waals surface area contributed by atoms with Crippen molar-refractivity contribution in [2.75, 3.05) is 32.1 Å². The van der Waals surface area contributed by atoms with Gasteiger partial charge in [-0.25, -0.2) is 9.78 Å². The average Bonchev–Trinajstić information content (AvgIpc) is 3.15. The van der Waals surface area contributed by atoms with Crippen molar-refractivity contribution >= 4 is 27.8 Å². The van der Waals surface area contributed by atoms with Crippen molar-refractivity contribution in [1.29, 1.82) is 0 Å². The van der Waals surface area contributed by atoms with Gasteiger partial charge >= 0.3 is 6.09 Å². The minimum atomic E-state index is -0.496. The summed E-state index contributed by atoms with van der Waals surface area (Å²) in [6, 6.07) is 12.8. The molecule has 3 aromatic rings. The van der Waals surface area contributed by atoms with Crippen molar-refractivity contribution in [3.63, 3.8) is 0 Å². The van der Waals surface area contributed by atoms with Crippen LogP contribution in [0.5, 0.6) is 0 Å². The summed E-state index contributed by atoms with van der Waals surface area (Å²) in [6.07, 6.45) is 5.84. The maximum absolute atomic E-state index is 12.3. The molecule has 6 nitrogen and oxygen atoms in total. The van der Waals surface area contributed by atoms with E-state index in [1.54, 1.807) is 18.1 Å². The maximum Gasteiger partial charge on any atom is 0.410 e. The second-order valence-electron chi connectivity index (χ2n) is 10.2. The predicted molar refractivity (Wildman–Crippen MR) is 144 cm³/mol. The summed E-state index contributed by atoms with van der Waals surface area (Å²) in [5.74, 6) is 0.988. The second-order valence-corrected chi connectivity index (χ2v) is 11.1. The van der Waals surface area contributed by atoms with Crippen LogP contribution in [0.3, 0.4) is 0 Å². The van der Waals surface area contributed by atoms with Crippen molar-refractivity contribution in [1.82, 2.24) is 14.9 Å². The van der Waals surface area contributed by atoms with Crippen molar-refractivity contribution in [3.8, 4) is 11.1 Å². The van der Waals surface area contributed by atoms with Gasteiger partial charge in [-0.2, -0.15) is 0 Å². The van der Waals surface area contributed by atoms with Crippen molar-refractivity contribution in [3.05, 3.63) is 75.6 Å². The number of nitrogens with zero attached hydrogens (tertiary/aromatic N) is 4. The molecule has 0 radical (unpaired) electrons. The smallest absolute Gasteiger partial charge is 0.410 e. The molecule has 1 amide bonds. The van der Waals surface area contributed by atoms with Crippen molar-refractivity contribution < 1.29 is 9.53 Å². The lowest BCUT2D eigenvalue weighted by atomic mass is 10.0. The molecule has 4 rings (SSSR count). The molecular formula is C28H33BrN4O2. The minimum Gasteiger partial charge on any atom is -0.444 e. The molecule has 0 fully saturated rings. The zero-order valence-corrected chi connectivity index (χ0v) is 22.7. The number of halogens is 1. The number of rotatable bonds is 7. The van der Waals surface area contributed by atoms with Crippen LogP contribution in [0.1, 0.15) is 49.6 Å². The Hall–Kier alpha value is -2.93. The van der Waals surface area contributed by atoms with Gasteiger partial charge in [-0.1, -0.05) is 28.1 Å². The summed E-state index contributed by atoms with van der Waals surface area (Å²) in [5, 5.41) is 0. The molecule has 1 aliphatic carbocycles. The lowest BCUT2D eigenvalue weighted by Crippen LogP contribution is -2.35. The van der Waals surface area contributed by atoms with Gasteiger partial charge in [0.15, 0.2) is 0 Å². The Morgan fingerprint density at radius 2 is 1.91 bits per heavy atom. The highest BCUT2D eigenvalue weighted by molar-refractivity contribution is 9.10. The van der Waals surface area contributed by atoms with Crippen LogP contribution in [-0.2, 0) is 17.6 Å². The molecular weight excluding hydrogens is 504 g/mol. The van der Waals surface area contributed by atoms with Gasteiger partial charge in [-0.05, 0) is 80.1 Å². The van der Waals surface area contributed by atoms with Gasteiger partial charge in [0.2, 0.25) is 0 Å². The lowest BCUT2D eigenvalue weighted by molar-refractivity contribution is 0.0298. The van der Waals surface area contributed by atoms with Crippen LogP contribution >= 0.6 is 15.9 Å². The second kappa shape index (κ2) is 10.4. The fourth-order valence-electron chi connectivity index (χ4n) is 4.39. The molecule has 0 saturated heterocycles. The van der Waals surface area contributed by atoms with E-state index < -0.39 is 5.60 Å². The number of benzene rings is 1. The molecule has 184 valence electrons. The molecule has 2 aromatic heterocycles. The largest absolute Gasteiger partial charge is 0.444 e. The van der Waals surface area contributed by atoms with Gasteiger partial charge in [0, 0.05) is 61.7 Å². The van der Waals surface area contributed by atoms with E-state index in [0.717, 1.165) is 47.4 Å². The number of fused-ring (bicyclic) bond motifs is 3. The van der Waals surface area contributed by atoms with Gasteiger partial charge in [0.25, 0.3) is 0 Å². The number of amides is 1. The molecule has 0 unspecified atom stereocenters. The van der Waals surface area contributed by atoms with Crippen LogP contribution in [-0.4, -0.2) is 53.7 Å². The Balaban J connectivity index is 1.55. The Morgan fingerprint density at radius 1 is 1.11 bits per heavy atom. The lowest BCUT2D eigenvalue weighted by Gasteiger charge is -2.26. The van der Waals surface area contributed by atoms with Crippen LogP contribution in [0, 0.1) is 0 Å². The molecule has 2 heterocycles. The summed E-state index contributed by atoms with van der Waals surface area (Å²) in [4.78, 5) is 25.5. The first kappa shape index (κ1) is 25.2. The van der Waals surface area contributed by atoms with E-state index in [9.17, 15) is 4.79 Å². The minimum absolute atomic E-state index is 0.294. The Labute approximate surface area is 216 Å². The van der Waals surface area contributed by atoms with E-state index in [4.69, 9.17) is 9.72 Å². The van der Waals surface area contributed by atoms with Crippen molar-refractivity contribution in [2.24, 2.45) is 0 Å². The third kappa shape index (κ3) is 6.20. The highest BCUT2D eigenvalue weighted by Gasteiger charge is 2.26. The zero-order valence-electron chi connectivity index (χ0n) is 21.1. The standard InChI is InChI=1S/C28H33BrN4O2/c1-28(2,3)35-27(34)33(5)13-7-12-32(4)26-25-21(15-20-16-22(29)9-10-24(20)25)17-23(31-26)14-19-8-6-11-30-18-19/h6,8-11,16-18H,7,12-15H2,1-5H3. The van der Waals surface area contributed by atoms with Gasteiger partial charge in [0.1, 0.15) is 11.4 Å². The van der Waals surface area contributed by atoms with Crippen LogP contribution in [0.25, 0.3) is 11.1 Å². The van der Waals surface area contributed by atoms with Gasteiger partial charge in [-0.15, -0.1) is 0 Å². The molecule has 0 N–H and O–H groups in total. The first-order valence-corrected chi connectivity index (χ1v) is 12.8. The summed E-state index contributed by atoms with van der Waals surface area (Å²) in [6.45, 7) is 7.03. The zero-order chi connectivity index (χ0) is 25.2. The Kier molecular flexibility index (Phi) is 7.45. The number of anilines is 1. The fourth-order valence-corrected chi connectivity index (χ4v) is 4.80. The van der Waals surface area contributed by atoms with E-state index in [1.807, 2.05) is 33.0 Å². The SMILES string of the molecule is CN(CCCN(C)c1nc(Cc2cccnc2)cc2c1-c1ccc(Br)cc1C2)C(=O)OC(C)(C)C. The van der Waals surface area contributed by atoms with Crippen LogP contribution in [0.4, 0.5) is 10.6 Å². The van der Waals surface area contributed by atoms with Crippen molar-refractivity contribution in [2.45, 2.75) is 45.6 Å². The van der Waals surface area contributed by atoms with Crippen LogP contribution < -0.4 is 4.90 Å². The average molecular weight is 538 g/mol. The van der Waals surface area contributed by atoms with Gasteiger partial charge < -0.3 is 14.5 Å². The number of aromatic nitrogens is 2. The van der Waals surface area contributed by atoms with E-state index in [1.165, 1.54) is 22.3 Å². The van der Waals surface area contributed by atoms with E-state index in [-0.39, 0.29) is 6.09 Å². The van der Waals surface area contributed by atoms with Crippen LogP contribution in [0.2, 0.25) is 0 Å². The first-order chi connectivity index (χ1) is 16.6. The predicted octanol–water partition coefficient (Wildman–Crippen LogP) is 6.09. The molecule has 1 aliphatic rings. The monoisotopic (exact) mass is 536 g/mol. The Bertz CT molecular complexity index is 1210. The number of hydrogen-bond acceptors (Lipinski definition) is 5. The molecule has 0 aliphatic heterocycles. The number of carbonyl (C=O) groups is 1. The summed E-state index contributed by atoms with van der Waals surface area (Å²) in [5.41, 5.74) is 6.77. The quantitative estimate of drug-likeness (QED) is 0.286. The summed E-state index contributed by atoms with van der Waals surface area (Å²) >= 11 is 3.62. The number of carbonyl (C=O) groups excluding carboxylic acids is 1. The molecule has 0 saturated carbocycles. The topological polar surface area (TPSA) is 58.6 Å². The maximum atomic E-state index is 12.3. The molecule has 0 bridgehead atoms. The molecule has 35 heavy (non-hydrogen) atoms. The van der Waals surface area contributed by atoms with E-state index in [0.29, 0.717) is 6.54 Å². The highest BCUT2D eigenvalue weighted by Crippen LogP contribution is 2.43. The normalized spacial score (nSPS) is 12.2. The molecule has 0 atom stereocenters. The Morgan fingerprint density at radius 3 is 2.63 bits per heavy atom. The molecule has 0 spiro atoms. The number of pyridine rings is 2. The van der Waals surface area contributed by atoms with Crippen LogP contribution in [0.15, 0.2) is 53.3 Å². The number of hydrogen-bond donors (Lipinski definition) is 0. The summed E-state index contributed by atoms with van der Waals surface area (Å²) in [7, 11) is 3.87. The highest BCUT2D eigenvalue weighted by atomic mass is 79.9. The third-order valence-electron chi connectivity index (χ3n) is 6.01. The number of ether oxygens (including phenoxy) is 1. The van der Waals surface area contributed by atoms with Gasteiger partial charge in [0.05, 0.1) is 0 Å².